The highest BCUT2D eigenvalue weighted by atomic mass is 16.3. The molecule has 0 heterocycles. The second-order valence-corrected chi connectivity index (χ2v) is 3.63. The van der Waals surface area contributed by atoms with Gasteiger partial charge in [0.1, 0.15) is 0 Å². The van der Waals surface area contributed by atoms with E-state index < -0.39 is 0 Å². The highest BCUT2D eigenvalue weighted by molar-refractivity contribution is 4.87. The van der Waals surface area contributed by atoms with Gasteiger partial charge in [-0.1, -0.05) is 58.1 Å². The summed E-state index contributed by atoms with van der Waals surface area (Å²) in [7, 11) is 0. The highest BCUT2D eigenvalue weighted by Gasteiger charge is 1.97. The van der Waals surface area contributed by atoms with E-state index in [2.05, 4.69) is 19.9 Å². The van der Waals surface area contributed by atoms with Gasteiger partial charge in [-0.2, -0.15) is 0 Å². The Kier molecular flexibility index (Phi) is 9.56. The Morgan fingerprint density at radius 2 is 1.85 bits per heavy atom. The molecule has 0 bridgehead atoms. The number of hydrogen-bond acceptors (Lipinski definition) is 1. The highest BCUT2D eigenvalue weighted by Crippen LogP contribution is 2.06. The van der Waals surface area contributed by atoms with Crippen LogP contribution in [0.4, 0.5) is 0 Å². The quantitative estimate of drug-likeness (QED) is 0.451. The number of unbranched alkanes of at least 4 members (excludes halogenated alkanes) is 4. The minimum atomic E-state index is -0.205. The average Bonchev–Trinajstić information content (AvgIpc) is 2.13. The van der Waals surface area contributed by atoms with Crippen LogP contribution in [0, 0.1) is 0 Å². The molecule has 0 aromatic carbocycles. The van der Waals surface area contributed by atoms with Crippen LogP contribution in [0.15, 0.2) is 12.2 Å². The first-order chi connectivity index (χ1) is 6.31. The lowest BCUT2D eigenvalue weighted by Gasteiger charge is -2.04. The smallest absolute Gasteiger partial charge is 0.0720 e. The van der Waals surface area contributed by atoms with Crippen molar-refractivity contribution in [1.29, 1.82) is 0 Å². The van der Waals surface area contributed by atoms with Crippen molar-refractivity contribution in [3.63, 3.8) is 0 Å². The molecule has 0 saturated carbocycles. The molecule has 1 unspecified atom stereocenters. The van der Waals surface area contributed by atoms with Crippen LogP contribution in [0.1, 0.15) is 58.8 Å². The van der Waals surface area contributed by atoms with Gasteiger partial charge in [-0.3, -0.25) is 0 Å². The summed E-state index contributed by atoms with van der Waals surface area (Å²) >= 11 is 0. The lowest BCUT2D eigenvalue weighted by molar-refractivity contribution is 0.207. The summed E-state index contributed by atoms with van der Waals surface area (Å²) in [5, 5.41) is 9.49. The fourth-order valence-electron chi connectivity index (χ4n) is 1.30. The van der Waals surface area contributed by atoms with Gasteiger partial charge in [-0.15, -0.1) is 0 Å². The number of allylic oxidation sites excluding steroid dienone is 1. The number of aliphatic hydroxyl groups excluding tert-OH is 1. The van der Waals surface area contributed by atoms with E-state index in [1.807, 2.05) is 6.08 Å². The van der Waals surface area contributed by atoms with Gasteiger partial charge in [0.2, 0.25) is 0 Å². The van der Waals surface area contributed by atoms with Gasteiger partial charge >= 0.3 is 0 Å². The van der Waals surface area contributed by atoms with Gasteiger partial charge in [0.05, 0.1) is 6.10 Å². The minimum absolute atomic E-state index is 0.205. The summed E-state index contributed by atoms with van der Waals surface area (Å²) in [5.74, 6) is 0. The van der Waals surface area contributed by atoms with E-state index in [1.54, 1.807) is 0 Å². The summed E-state index contributed by atoms with van der Waals surface area (Å²) in [5.41, 5.74) is 0. The van der Waals surface area contributed by atoms with Crippen molar-refractivity contribution in [3.05, 3.63) is 12.2 Å². The van der Waals surface area contributed by atoms with Crippen LogP contribution in [-0.2, 0) is 0 Å². The first-order valence-electron chi connectivity index (χ1n) is 5.66. The number of rotatable bonds is 8. The van der Waals surface area contributed by atoms with Crippen molar-refractivity contribution in [3.8, 4) is 0 Å². The van der Waals surface area contributed by atoms with E-state index in [1.165, 1.54) is 25.7 Å². The number of aliphatic hydroxyl groups is 1. The molecule has 1 N–H and O–H groups in total. The van der Waals surface area contributed by atoms with Gasteiger partial charge in [0.25, 0.3) is 0 Å². The van der Waals surface area contributed by atoms with Gasteiger partial charge < -0.3 is 5.11 Å². The van der Waals surface area contributed by atoms with Crippen molar-refractivity contribution < 1.29 is 5.11 Å². The minimum Gasteiger partial charge on any atom is -0.389 e. The third-order valence-electron chi connectivity index (χ3n) is 2.17. The van der Waals surface area contributed by atoms with E-state index in [0.717, 1.165) is 19.3 Å². The molecular formula is C12H24O. The fraction of sp³-hybridized carbons (Fsp3) is 0.833. The van der Waals surface area contributed by atoms with Crippen molar-refractivity contribution >= 4 is 0 Å². The van der Waals surface area contributed by atoms with Crippen LogP contribution in [0.25, 0.3) is 0 Å². The first kappa shape index (κ1) is 12.7. The lowest BCUT2D eigenvalue weighted by Crippen LogP contribution is -2.01. The molecular weight excluding hydrogens is 160 g/mol. The van der Waals surface area contributed by atoms with Crippen molar-refractivity contribution in [1.82, 2.24) is 0 Å². The molecule has 0 aromatic heterocycles. The molecule has 0 aliphatic heterocycles. The second kappa shape index (κ2) is 9.79. The molecule has 0 fully saturated rings. The van der Waals surface area contributed by atoms with Gasteiger partial charge in [0, 0.05) is 0 Å². The molecule has 0 spiro atoms. The molecule has 0 aliphatic rings. The average molecular weight is 184 g/mol. The van der Waals surface area contributed by atoms with E-state index in [9.17, 15) is 5.11 Å². The molecule has 0 aliphatic carbocycles. The van der Waals surface area contributed by atoms with Crippen molar-refractivity contribution in [2.45, 2.75) is 64.9 Å². The first-order valence-corrected chi connectivity index (χ1v) is 5.66. The molecule has 0 aromatic rings. The zero-order chi connectivity index (χ0) is 9.94. The Morgan fingerprint density at radius 3 is 2.46 bits per heavy atom. The Hall–Kier alpha value is -0.300. The molecule has 0 rings (SSSR count). The summed E-state index contributed by atoms with van der Waals surface area (Å²) < 4.78 is 0. The predicted octanol–water partition coefficient (Wildman–Crippen LogP) is 3.67. The van der Waals surface area contributed by atoms with Crippen LogP contribution >= 0.6 is 0 Å². The molecule has 0 saturated heterocycles. The van der Waals surface area contributed by atoms with Crippen LogP contribution in [-0.4, -0.2) is 11.2 Å². The molecule has 1 nitrogen and oxygen atoms in total. The summed E-state index contributed by atoms with van der Waals surface area (Å²) in [6, 6.07) is 0. The zero-order valence-corrected chi connectivity index (χ0v) is 9.13. The topological polar surface area (TPSA) is 20.2 Å². The van der Waals surface area contributed by atoms with Crippen molar-refractivity contribution in [2.75, 3.05) is 0 Å². The van der Waals surface area contributed by atoms with Crippen LogP contribution in [0.3, 0.4) is 0 Å². The van der Waals surface area contributed by atoms with Crippen LogP contribution < -0.4 is 0 Å². The standard InChI is InChI=1S/C12H24O/c1-3-5-7-9-11-12(13)10-8-6-4-2/h8,10,12-13H,3-7,9,11H2,1-2H3/b10-8+. The van der Waals surface area contributed by atoms with E-state index in [-0.39, 0.29) is 6.10 Å². The molecule has 0 amide bonds. The fourth-order valence-corrected chi connectivity index (χ4v) is 1.30. The van der Waals surface area contributed by atoms with Gasteiger partial charge in [0.15, 0.2) is 0 Å². The third kappa shape index (κ3) is 9.62. The van der Waals surface area contributed by atoms with E-state index in [0.29, 0.717) is 0 Å². The van der Waals surface area contributed by atoms with E-state index >= 15 is 0 Å². The Morgan fingerprint density at radius 1 is 1.08 bits per heavy atom. The maximum Gasteiger partial charge on any atom is 0.0720 e. The molecule has 1 heteroatoms. The monoisotopic (exact) mass is 184 g/mol. The summed E-state index contributed by atoms with van der Waals surface area (Å²) in [6.07, 6.45) is 12.0. The lowest BCUT2D eigenvalue weighted by atomic mass is 10.1. The van der Waals surface area contributed by atoms with Gasteiger partial charge in [-0.05, 0) is 12.8 Å². The number of hydrogen-bond donors (Lipinski definition) is 1. The van der Waals surface area contributed by atoms with E-state index in [4.69, 9.17) is 0 Å². The van der Waals surface area contributed by atoms with Crippen molar-refractivity contribution in [2.24, 2.45) is 0 Å². The predicted molar refractivity (Wildman–Crippen MR) is 58.8 cm³/mol. The second-order valence-electron chi connectivity index (χ2n) is 3.63. The molecule has 1 atom stereocenters. The third-order valence-corrected chi connectivity index (χ3v) is 2.17. The normalized spacial score (nSPS) is 13.8. The Balaban J connectivity index is 3.24. The van der Waals surface area contributed by atoms with Crippen LogP contribution in [0.5, 0.6) is 0 Å². The molecule has 78 valence electrons. The summed E-state index contributed by atoms with van der Waals surface area (Å²) in [6.45, 7) is 4.36. The Labute approximate surface area is 82.9 Å². The van der Waals surface area contributed by atoms with Crippen LogP contribution in [0.2, 0.25) is 0 Å². The SMILES string of the molecule is CCC/C=C/C(O)CCCCCC. The maximum absolute atomic E-state index is 9.49. The largest absolute Gasteiger partial charge is 0.389 e. The summed E-state index contributed by atoms with van der Waals surface area (Å²) in [4.78, 5) is 0. The van der Waals surface area contributed by atoms with Gasteiger partial charge in [-0.25, -0.2) is 0 Å². The maximum atomic E-state index is 9.49. The zero-order valence-electron chi connectivity index (χ0n) is 9.13. The Bertz CT molecular complexity index is 118. The molecule has 13 heavy (non-hydrogen) atoms. The molecule has 0 radical (unpaired) electrons.